The summed E-state index contributed by atoms with van der Waals surface area (Å²) in [6.07, 6.45) is 7.32. The van der Waals surface area contributed by atoms with Crippen LogP contribution in [-0.2, 0) is 9.47 Å². The van der Waals surface area contributed by atoms with Gasteiger partial charge in [0.1, 0.15) is 0 Å². The fraction of sp³-hybridized carbons (Fsp3) is 0.676. The molecule has 0 heterocycles. The highest BCUT2D eigenvalue weighted by Gasteiger charge is 2.31. The smallest absolute Gasteiger partial charge is 0.0806 e. The first-order valence-electron chi connectivity index (χ1n) is 17.4. The van der Waals surface area contributed by atoms with Gasteiger partial charge in [-0.3, -0.25) is 0 Å². The zero-order chi connectivity index (χ0) is 32.4. The Hall–Kier alpha value is -0.772. The third-order valence-electron chi connectivity index (χ3n) is 10.4. The number of hydrogen-bond acceptors (Lipinski definition) is 2. The van der Waals surface area contributed by atoms with E-state index in [1.807, 2.05) is 0 Å². The Kier molecular flexibility index (Phi) is 14.9. The summed E-state index contributed by atoms with van der Waals surface area (Å²) < 4.78 is 11.9. The molecule has 43 heavy (non-hydrogen) atoms. The lowest BCUT2D eigenvalue weighted by Gasteiger charge is -2.33. The second-order valence-corrected chi connectivity index (χ2v) is 35.6. The maximum atomic E-state index is 6.58. The SMILES string of the molecule is CCC[Si](C)(C)c1ccc([Si](C)(C)CCCC(C)(CCC[Si](C)(C)c2ccc([Si](C)(C)CCC)cc2)OCCOC)cc1. The second-order valence-electron chi connectivity index (χ2n) is 16.2. The molecule has 0 atom stereocenters. The first-order valence-corrected chi connectivity index (χ1v) is 30.2. The summed E-state index contributed by atoms with van der Waals surface area (Å²) in [5, 5.41) is 6.45. The Bertz CT molecular complexity index is 995. The van der Waals surface area contributed by atoms with Crippen LogP contribution >= 0.6 is 0 Å². The van der Waals surface area contributed by atoms with Crippen molar-refractivity contribution >= 4 is 53.0 Å². The van der Waals surface area contributed by atoms with Gasteiger partial charge in [-0.1, -0.05) is 185 Å². The maximum Gasteiger partial charge on any atom is 0.0806 e. The highest BCUT2D eigenvalue weighted by Crippen LogP contribution is 2.29. The van der Waals surface area contributed by atoms with Crippen LogP contribution in [0.25, 0.3) is 0 Å². The Balaban J connectivity index is 2.01. The van der Waals surface area contributed by atoms with Crippen molar-refractivity contribution in [2.45, 2.75) is 141 Å². The molecule has 2 aromatic rings. The molecule has 2 aromatic carbocycles. The monoisotopic (exact) mass is 656 g/mol. The molecule has 0 aliphatic heterocycles. The standard InChI is InChI=1S/C37H68O2Si4/c1-13-29-40(5,6)33-17-21-35(22-18-33)42(9,10)31-15-25-37(3,39-28-27-38-4)26-16-32-43(11,12)36-23-19-34(20-24-36)41(7,8)30-14-2/h17-24H,13-16,25-32H2,1-12H3. The van der Waals surface area contributed by atoms with Crippen molar-refractivity contribution < 1.29 is 9.47 Å². The minimum atomic E-state index is -1.50. The maximum absolute atomic E-state index is 6.58. The Morgan fingerprint density at radius 2 is 0.814 bits per heavy atom. The summed E-state index contributed by atoms with van der Waals surface area (Å²) in [5.74, 6) is 0. The molecule has 0 radical (unpaired) electrons. The van der Waals surface area contributed by atoms with Crippen LogP contribution in [0.15, 0.2) is 48.5 Å². The largest absolute Gasteiger partial charge is 0.382 e. The number of methoxy groups -OCH3 is 1. The summed E-state index contributed by atoms with van der Waals surface area (Å²) in [5.41, 5.74) is -0.0766. The number of benzene rings is 2. The zero-order valence-electron chi connectivity index (χ0n) is 30.4. The molecular weight excluding hydrogens is 589 g/mol. The first kappa shape index (κ1) is 38.4. The van der Waals surface area contributed by atoms with Gasteiger partial charge in [0.25, 0.3) is 0 Å². The third kappa shape index (κ3) is 11.8. The van der Waals surface area contributed by atoms with Crippen molar-refractivity contribution in [2.24, 2.45) is 0 Å². The van der Waals surface area contributed by atoms with Crippen LogP contribution in [0.5, 0.6) is 0 Å². The minimum Gasteiger partial charge on any atom is -0.382 e. The van der Waals surface area contributed by atoms with Gasteiger partial charge in [-0.25, -0.2) is 0 Å². The lowest BCUT2D eigenvalue weighted by Crippen LogP contribution is -2.45. The summed E-state index contributed by atoms with van der Waals surface area (Å²) in [4.78, 5) is 0. The molecule has 0 fully saturated rings. The zero-order valence-corrected chi connectivity index (χ0v) is 34.4. The van der Waals surface area contributed by atoms with E-state index in [2.05, 4.69) is 122 Å². The molecule has 244 valence electrons. The molecule has 0 aliphatic carbocycles. The molecule has 0 saturated heterocycles. The van der Waals surface area contributed by atoms with Gasteiger partial charge in [0.05, 0.1) is 51.1 Å². The van der Waals surface area contributed by atoms with E-state index >= 15 is 0 Å². The van der Waals surface area contributed by atoms with Gasteiger partial charge in [-0.2, -0.15) is 0 Å². The molecule has 0 aliphatic rings. The van der Waals surface area contributed by atoms with Crippen LogP contribution in [0.3, 0.4) is 0 Å². The first-order chi connectivity index (χ1) is 20.0. The number of rotatable bonds is 20. The minimum absolute atomic E-state index is 0.0766. The average Bonchev–Trinajstić information content (AvgIpc) is 2.93. The third-order valence-corrected chi connectivity index (χ3v) is 24.7. The summed E-state index contributed by atoms with van der Waals surface area (Å²) >= 11 is 0. The van der Waals surface area contributed by atoms with Crippen LogP contribution in [0.1, 0.15) is 59.3 Å². The molecule has 0 aromatic heterocycles. The van der Waals surface area contributed by atoms with E-state index in [0.717, 1.165) is 12.8 Å². The molecular formula is C37H68O2Si4. The molecule has 0 bridgehead atoms. The van der Waals surface area contributed by atoms with Gasteiger partial charge in [0.2, 0.25) is 0 Å². The summed E-state index contributed by atoms with van der Waals surface area (Å²) in [6.45, 7) is 28.7. The van der Waals surface area contributed by atoms with E-state index in [1.165, 1.54) is 49.9 Å². The molecule has 2 rings (SSSR count). The van der Waals surface area contributed by atoms with E-state index in [9.17, 15) is 0 Å². The lowest BCUT2D eigenvalue weighted by atomic mass is 9.94. The van der Waals surface area contributed by atoms with Gasteiger partial charge in [-0.05, 0) is 19.8 Å². The Morgan fingerprint density at radius 3 is 1.09 bits per heavy atom. The van der Waals surface area contributed by atoms with E-state index in [1.54, 1.807) is 27.9 Å². The fourth-order valence-electron chi connectivity index (χ4n) is 7.02. The normalized spacial score (nSPS) is 13.5. The van der Waals surface area contributed by atoms with Crippen molar-refractivity contribution in [2.75, 3.05) is 20.3 Å². The Labute approximate surface area is 271 Å². The molecule has 6 heteroatoms. The second kappa shape index (κ2) is 16.7. The van der Waals surface area contributed by atoms with Crippen LogP contribution < -0.4 is 20.7 Å². The molecule has 2 nitrogen and oxygen atoms in total. The quantitative estimate of drug-likeness (QED) is 0.105. The van der Waals surface area contributed by atoms with Crippen LogP contribution in [0.2, 0.25) is 76.6 Å². The highest BCUT2D eigenvalue weighted by molar-refractivity contribution is 6.92. The van der Waals surface area contributed by atoms with Crippen LogP contribution in [0, 0.1) is 0 Å². The van der Waals surface area contributed by atoms with Gasteiger partial charge in [0.15, 0.2) is 0 Å². The van der Waals surface area contributed by atoms with Gasteiger partial charge in [-0.15, -0.1) is 0 Å². The molecule has 0 spiro atoms. The van der Waals surface area contributed by atoms with E-state index in [0.29, 0.717) is 13.2 Å². The van der Waals surface area contributed by atoms with Gasteiger partial charge < -0.3 is 9.47 Å². The predicted molar refractivity (Wildman–Crippen MR) is 206 cm³/mol. The van der Waals surface area contributed by atoms with Crippen LogP contribution in [-0.4, -0.2) is 58.2 Å². The number of ether oxygens (including phenoxy) is 2. The van der Waals surface area contributed by atoms with Crippen molar-refractivity contribution in [1.29, 1.82) is 0 Å². The van der Waals surface area contributed by atoms with Crippen LogP contribution in [0.4, 0.5) is 0 Å². The van der Waals surface area contributed by atoms with Crippen molar-refractivity contribution in [3.05, 3.63) is 48.5 Å². The topological polar surface area (TPSA) is 18.5 Å². The average molecular weight is 657 g/mol. The Morgan fingerprint density at radius 1 is 0.512 bits per heavy atom. The lowest BCUT2D eigenvalue weighted by molar-refractivity contribution is -0.0618. The van der Waals surface area contributed by atoms with Gasteiger partial charge in [0, 0.05) is 7.11 Å². The van der Waals surface area contributed by atoms with E-state index in [-0.39, 0.29) is 5.60 Å². The van der Waals surface area contributed by atoms with E-state index in [4.69, 9.17) is 9.47 Å². The molecule has 0 saturated carbocycles. The highest BCUT2D eigenvalue weighted by atomic mass is 28.3. The molecule has 0 N–H and O–H groups in total. The van der Waals surface area contributed by atoms with Crippen molar-refractivity contribution in [1.82, 2.24) is 0 Å². The van der Waals surface area contributed by atoms with Crippen molar-refractivity contribution in [3.63, 3.8) is 0 Å². The van der Waals surface area contributed by atoms with E-state index < -0.39 is 32.3 Å². The molecule has 0 amide bonds. The number of hydrogen-bond donors (Lipinski definition) is 0. The van der Waals surface area contributed by atoms with Crippen molar-refractivity contribution in [3.8, 4) is 0 Å². The predicted octanol–water partition coefficient (Wildman–Crippen LogP) is 8.85. The van der Waals surface area contributed by atoms with Gasteiger partial charge >= 0.3 is 0 Å². The summed E-state index contributed by atoms with van der Waals surface area (Å²) in [6, 6.07) is 25.2. The fourth-order valence-corrected chi connectivity index (χ4v) is 17.1. The summed E-state index contributed by atoms with van der Waals surface area (Å²) in [7, 11) is -3.82. The molecule has 0 unspecified atom stereocenters.